The van der Waals surface area contributed by atoms with Crippen LogP contribution in [0.3, 0.4) is 0 Å². The van der Waals surface area contributed by atoms with Gasteiger partial charge in [-0.05, 0) is 33.4 Å². The minimum Gasteiger partial charge on any atom is -0.384 e. The normalized spacial score (nSPS) is 10.3. The quantitative estimate of drug-likeness (QED) is 0.664. The number of nitrogens with one attached hydrogen (secondary N) is 1. The van der Waals surface area contributed by atoms with Gasteiger partial charge < -0.3 is 11.1 Å². The van der Waals surface area contributed by atoms with E-state index in [1.54, 1.807) is 11.3 Å². The number of thiophene rings is 1. The van der Waals surface area contributed by atoms with Gasteiger partial charge in [-0.2, -0.15) is 0 Å². The molecule has 0 aliphatic rings. The van der Waals surface area contributed by atoms with Crippen LogP contribution in [0.2, 0.25) is 0 Å². The van der Waals surface area contributed by atoms with Crippen LogP contribution in [0.1, 0.15) is 4.88 Å². The van der Waals surface area contributed by atoms with Crippen molar-refractivity contribution >= 4 is 44.6 Å². The molecule has 2 heterocycles. The van der Waals surface area contributed by atoms with E-state index >= 15 is 0 Å². The van der Waals surface area contributed by atoms with Crippen molar-refractivity contribution < 1.29 is 4.92 Å². The highest BCUT2D eigenvalue weighted by Gasteiger charge is 2.15. The zero-order chi connectivity index (χ0) is 13.1. The van der Waals surface area contributed by atoms with Crippen LogP contribution >= 0.6 is 27.3 Å². The van der Waals surface area contributed by atoms with Crippen LogP contribution < -0.4 is 11.1 Å². The predicted octanol–water partition coefficient (Wildman–Crippen LogP) is 3.01. The molecule has 18 heavy (non-hydrogen) atoms. The standard InChI is InChI=1S/C10H9BrN4O2S/c11-6-3-4-18-8(6)5-13-10-7(15(16)17)1-2-9(12)14-10/h1-4H,5H2,(H3,12,13,14). The molecule has 0 aromatic carbocycles. The summed E-state index contributed by atoms with van der Waals surface area (Å²) in [7, 11) is 0. The van der Waals surface area contributed by atoms with Gasteiger partial charge in [-0.1, -0.05) is 0 Å². The van der Waals surface area contributed by atoms with Crippen molar-refractivity contribution in [1.82, 2.24) is 4.98 Å². The summed E-state index contributed by atoms with van der Waals surface area (Å²) in [6, 6.07) is 4.67. The number of aromatic nitrogens is 1. The van der Waals surface area contributed by atoms with Crippen molar-refractivity contribution in [2.45, 2.75) is 6.54 Å². The number of pyridine rings is 1. The number of nitrogens with zero attached hydrogens (tertiary/aromatic N) is 2. The molecule has 0 atom stereocenters. The first-order valence-corrected chi connectivity index (χ1v) is 6.62. The van der Waals surface area contributed by atoms with Crippen LogP contribution in [-0.4, -0.2) is 9.91 Å². The Balaban J connectivity index is 2.20. The van der Waals surface area contributed by atoms with E-state index in [0.717, 1.165) is 9.35 Å². The largest absolute Gasteiger partial charge is 0.384 e. The molecule has 0 saturated heterocycles. The van der Waals surface area contributed by atoms with E-state index in [1.807, 2.05) is 11.4 Å². The number of anilines is 2. The van der Waals surface area contributed by atoms with E-state index in [9.17, 15) is 10.1 Å². The second-order valence-electron chi connectivity index (χ2n) is 3.41. The first-order chi connectivity index (χ1) is 8.58. The molecular weight excluding hydrogens is 320 g/mol. The second-order valence-corrected chi connectivity index (χ2v) is 5.26. The van der Waals surface area contributed by atoms with E-state index in [-0.39, 0.29) is 17.3 Å². The highest BCUT2D eigenvalue weighted by molar-refractivity contribution is 9.10. The number of nitrogens with two attached hydrogens (primary N) is 1. The first kappa shape index (κ1) is 12.8. The van der Waals surface area contributed by atoms with E-state index in [2.05, 4.69) is 26.2 Å². The average molecular weight is 329 g/mol. The monoisotopic (exact) mass is 328 g/mol. The average Bonchev–Trinajstić information content (AvgIpc) is 2.72. The molecule has 0 aliphatic heterocycles. The molecule has 0 aliphatic carbocycles. The predicted molar refractivity (Wildman–Crippen MR) is 74.6 cm³/mol. The van der Waals surface area contributed by atoms with Crippen molar-refractivity contribution in [2.75, 3.05) is 11.1 Å². The molecule has 0 fully saturated rings. The van der Waals surface area contributed by atoms with E-state index in [1.165, 1.54) is 12.1 Å². The Hall–Kier alpha value is -1.67. The Morgan fingerprint density at radius 3 is 2.89 bits per heavy atom. The Morgan fingerprint density at radius 2 is 2.28 bits per heavy atom. The SMILES string of the molecule is Nc1ccc([N+](=O)[O-])c(NCc2sccc2Br)n1. The van der Waals surface area contributed by atoms with Crippen molar-refractivity contribution in [3.63, 3.8) is 0 Å². The van der Waals surface area contributed by atoms with Crippen molar-refractivity contribution in [3.8, 4) is 0 Å². The van der Waals surface area contributed by atoms with Gasteiger partial charge in [0.2, 0.25) is 5.82 Å². The molecule has 0 amide bonds. The summed E-state index contributed by atoms with van der Waals surface area (Å²) in [5.74, 6) is 0.425. The first-order valence-electron chi connectivity index (χ1n) is 4.94. The maximum Gasteiger partial charge on any atom is 0.311 e. The van der Waals surface area contributed by atoms with Gasteiger partial charge in [0.15, 0.2) is 0 Å². The van der Waals surface area contributed by atoms with Gasteiger partial charge in [0.1, 0.15) is 5.82 Å². The molecule has 2 rings (SSSR count). The van der Waals surface area contributed by atoms with Gasteiger partial charge in [0, 0.05) is 15.4 Å². The lowest BCUT2D eigenvalue weighted by Gasteiger charge is -2.06. The molecule has 0 spiro atoms. The third-order valence-electron chi connectivity index (χ3n) is 2.20. The van der Waals surface area contributed by atoms with Gasteiger partial charge >= 0.3 is 5.69 Å². The summed E-state index contributed by atoms with van der Waals surface area (Å²) in [5, 5.41) is 15.7. The Kier molecular flexibility index (Phi) is 3.78. The molecule has 2 aromatic rings. The lowest BCUT2D eigenvalue weighted by Crippen LogP contribution is -2.05. The van der Waals surface area contributed by atoms with Crippen LogP contribution in [0.15, 0.2) is 28.1 Å². The fourth-order valence-corrected chi connectivity index (χ4v) is 2.79. The third kappa shape index (κ3) is 2.77. The Labute approximate surface area is 115 Å². The van der Waals surface area contributed by atoms with Crippen molar-refractivity contribution in [3.05, 3.63) is 43.0 Å². The Morgan fingerprint density at radius 1 is 1.50 bits per heavy atom. The fraction of sp³-hybridized carbons (Fsp3) is 0.100. The van der Waals surface area contributed by atoms with Crippen LogP contribution in [0.4, 0.5) is 17.3 Å². The molecule has 0 unspecified atom stereocenters. The minimum atomic E-state index is -0.488. The zero-order valence-electron chi connectivity index (χ0n) is 9.09. The molecule has 0 radical (unpaired) electrons. The molecule has 0 bridgehead atoms. The summed E-state index contributed by atoms with van der Waals surface area (Å²) < 4.78 is 0.964. The topological polar surface area (TPSA) is 94.1 Å². The zero-order valence-corrected chi connectivity index (χ0v) is 11.5. The van der Waals surface area contributed by atoms with Crippen LogP contribution in [-0.2, 0) is 6.54 Å². The number of rotatable bonds is 4. The van der Waals surface area contributed by atoms with Gasteiger partial charge in [-0.25, -0.2) is 4.98 Å². The van der Waals surface area contributed by atoms with E-state index < -0.39 is 4.92 Å². The van der Waals surface area contributed by atoms with Crippen molar-refractivity contribution in [1.29, 1.82) is 0 Å². The van der Waals surface area contributed by atoms with Crippen LogP contribution in [0, 0.1) is 10.1 Å². The number of nitro groups is 1. The number of nitrogen functional groups attached to an aromatic ring is 1. The smallest absolute Gasteiger partial charge is 0.311 e. The lowest BCUT2D eigenvalue weighted by atomic mass is 10.3. The highest BCUT2D eigenvalue weighted by atomic mass is 79.9. The van der Waals surface area contributed by atoms with Crippen molar-refractivity contribution in [2.24, 2.45) is 0 Å². The molecule has 6 nitrogen and oxygen atoms in total. The lowest BCUT2D eigenvalue weighted by molar-refractivity contribution is -0.384. The summed E-state index contributed by atoms with van der Waals surface area (Å²) in [5.41, 5.74) is 5.44. The molecule has 94 valence electrons. The molecule has 8 heteroatoms. The molecule has 2 aromatic heterocycles. The maximum absolute atomic E-state index is 10.8. The Bertz CT molecular complexity index is 587. The van der Waals surface area contributed by atoms with Gasteiger partial charge in [-0.3, -0.25) is 10.1 Å². The van der Waals surface area contributed by atoms with Crippen LogP contribution in [0.25, 0.3) is 0 Å². The van der Waals surface area contributed by atoms with Gasteiger partial charge in [0.05, 0.1) is 11.5 Å². The number of hydrogen-bond acceptors (Lipinski definition) is 6. The summed E-state index contributed by atoms with van der Waals surface area (Å²) in [6.07, 6.45) is 0. The van der Waals surface area contributed by atoms with Crippen LogP contribution in [0.5, 0.6) is 0 Å². The fourth-order valence-electron chi connectivity index (χ4n) is 1.36. The molecular formula is C10H9BrN4O2S. The van der Waals surface area contributed by atoms with E-state index in [4.69, 9.17) is 5.73 Å². The van der Waals surface area contributed by atoms with E-state index in [0.29, 0.717) is 6.54 Å². The highest BCUT2D eigenvalue weighted by Crippen LogP contribution is 2.26. The maximum atomic E-state index is 10.8. The number of hydrogen-bond donors (Lipinski definition) is 2. The van der Waals surface area contributed by atoms with Gasteiger partial charge in [0.25, 0.3) is 0 Å². The summed E-state index contributed by atoms with van der Waals surface area (Å²) in [6.45, 7) is 0.454. The number of halogens is 1. The molecule has 3 N–H and O–H groups in total. The third-order valence-corrected chi connectivity index (χ3v) is 4.13. The van der Waals surface area contributed by atoms with Gasteiger partial charge in [-0.15, -0.1) is 11.3 Å². The second kappa shape index (κ2) is 5.32. The minimum absolute atomic E-state index is 0.0862. The summed E-state index contributed by atoms with van der Waals surface area (Å²) >= 11 is 4.94. The molecule has 0 saturated carbocycles. The summed E-state index contributed by atoms with van der Waals surface area (Å²) in [4.78, 5) is 15.3.